The van der Waals surface area contributed by atoms with Gasteiger partial charge in [-0.05, 0) is 53.2 Å². The van der Waals surface area contributed by atoms with Crippen molar-refractivity contribution in [3.63, 3.8) is 0 Å². The fourth-order valence-electron chi connectivity index (χ4n) is 2.29. The zero-order valence-corrected chi connectivity index (χ0v) is 16.0. The Balaban J connectivity index is 1.66. The number of benzene rings is 1. The summed E-state index contributed by atoms with van der Waals surface area (Å²) >= 11 is 3.38. The molecule has 0 saturated carbocycles. The van der Waals surface area contributed by atoms with E-state index in [9.17, 15) is 9.59 Å². The third kappa shape index (κ3) is 3.67. The Kier molecular flexibility index (Phi) is 4.90. The number of hydrogen-bond donors (Lipinski definition) is 2. The molecular weight excluding hydrogens is 400 g/mol. The van der Waals surface area contributed by atoms with Crippen LogP contribution in [0, 0.1) is 6.92 Å². The van der Waals surface area contributed by atoms with Crippen LogP contribution in [0.5, 0.6) is 0 Å². The summed E-state index contributed by atoms with van der Waals surface area (Å²) in [6.07, 6.45) is 1.70. The van der Waals surface area contributed by atoms with Gasteiger partial charge in [-0.3, -0.25) is 19.0 Å². The molecule has 2 aromatic heterocycles. The third-order valence-electron chi connectivity index (χ3n) is 3.82. The second-order valence-electron chi connectivity index (χ2n) is 5.73. The molecule has 0 bridgehead atoms. The summed E-state index contributed by atoms with van der Waals surface area (Å²) in [5.41, 5.74) is 2.72. The maximum atomic E-state index is 12.4. The highest BCUT2D eigenvalue weighted by atomic mass is 79.9. The minimum absolute atomic E-state index is 0.296. The lowest BCUT2D eigenvalue weighted by molar-refractivity contribution is 0.101. The van der Waals surface area contributed by atoms with E-state index in [0.29, 0.717) is 27.2 Å². The van der Waals surface area contributed by atoms with Gasteiger partial charge in [0.1, 0.15) is 0 Å². The van der Waals surface area contributed by atoms with Crippen molar-refractivity contribution in [2.45, 2.75) is 6.92 Å². The normalized spacial score (nSPS) is 10.6. The SMILES string of the molecule is Cc1c(Br)c(C(=O)Nc2ccc(NC(=O)c3ccn(C)n3)cc2)nn1C. The van der Waals surface area contributed by atoms with Crippen LogP contribution in [0.3, 0.4) is 0 Å². The lowest BCUT2D eigenvalue weighted by Crippen LogP contribution is -2.14. The van der Waals surface area contributed by atoms with Gasteiger partial charge in [0.2, 0.25) is 0 Å². The van der Waals surface area contributed by atoms with Crippen molar-refractivity contribution < 1.29 is 9.59 Å². The summed E-state index contributed by atoms with van der Waals surface area (Å²) in [5, 5.41) is 13.8. The average molecular weight is 417 g/mol. The Bertz CT molecular complexity index is 974. The summed E-state index contributed by atoms with van der Waals surface area (Å²) in [4.78, 5) is 24.4. The molecule has 0 aliphatic rings. The highest BCUT2D eigenvalue weighted by Gasteiger charge is 2.18. The van der Waals surface area contributed by atoms with Gasteiger partial charge in [0.15, 0.2) is 11.4 Å². The second kappa shape index (κ2) is 7.12. The zero-order valence-electron chi connectivity index (χ0n) is 14.4. The van der Waals surface area contributed by atoms with Gasteiger partial charge in [-0.1, -0.05) is 0 Å². The van der Waals surface area contributed by atoms with Crippen molar-refractivity contribution in [1.29, 1.82) is 0 Å². The third-order valence-corrected chi connectivity index (χ3v) is 4.77. The van der Waals surface area contributed by atoms with Crippen LogP contribution in [0.1, 0.15) is 26.7 Å². The molecule has 0 aliphatic heterocycles. The van der Waals surface area contributed by atoms with Crippen molar-refractivity contribution in [1.82, 2.24) is 19.6 Å². The van der Waals surface area contributed by atoms with Crippen LogP contribution in [-0.2, 0) is 14.1 Å². The van der Waals surface area contributed by atoms with E-state index in [2.05, 4.69) is 36.8 Å². The minimum atomic E-state index is -0.314. The van der Waals surface area contributed by atoms with Crippen molar-refractivity contribution in [3.8, 4) is 0 Å². The highest BCUT2D eigenvalue weighted by Crippen LogP contribution is 2.22. The zero-order chi connectivity index (χ0) is 18.8. The van der Waals surface area contributed by atoms with Crippen LogP contribution in [0.2, 0.25) is 0 Å². The fraction of sp³-hybridized carbons (Fsp3) is 0.176. The molecule has 2 amide bonds. The molecule has 2 N–H and O–H groups in total. The smallest absolute Gasteiger partial charge is 0.277 e. The van der Waals surface area contributed by atoms with Crippen molar-refractivity contribution in [2.24, 2.45) is 14.1 Å². The molecule has 2 heterocycles. The quantitative estimate of drug-likeness (QED) is 0.683. The Morgan fingerprint density at radius 2 is 1.54 bits per heavy atom. The van der Waals surface area contributed by atoms with Gasteiger partial charge < -0.3 is 10.6 Å². The van der Waals surface area contributed by atoms with Crippen LogP contribution in [0.4, 0.5) is 11.4 Å². The number of amides is 2. The predicted octanol–water partition coefficient (Wildman–Crippen LogP) is 2.73. The summed E-state index contributed by atoms with van der Waals surface area (Å²) in [6, 6.07) is 8.45. The summed E-state index contributed by atoms with van der Waals surface area (Å²) in [5.74, 6) is -0.610. The van der Waals surface area contributed by atoms with E-state index in [1.165, 1.54) is 0 Å². The van der Waals surface area contributed by atoms with Gasteiger partial charge in [0, 0.05) is 31.7 Å². The van der Waals surface area contributed by atoms with E-state index in [4.69, 9.17) is 0 Å². The molecule has 3 aromatic rings. The fourth-order valence-corrected chi connectivity index (χ4v) is 2.80. The molecule has 0 spiro atoms. The Hall–Kier alpha value is -2.94. The van der Waals surface area contributed by atoms with E-state index >= 15 is 0 Å². The minimum Gasteiger partial charge on any atom is -0.321 e. The van der Waals surface area contributed by atoms with Gasteiger partial charge in [0.25, 0.3) is 11.8 Å². The van der Waals surface area contributed by atoms with Gasteiger partial charge in [0.05, 0.1) is 10.2 Å². The Labute approximate surface area is 158 Å². The van der Waals surface area contributed by atoms with E-state index in [1.54, 1.807) is 60.0 Å². The maximum Gasteiger partial charge on any atom is 0.277 e. The maximum absolute atomic E-state index is 12.4. The molecule has 134 valence electrons. The molecule has 8 nitrogen and oxygen atoms in total. The number of halogens is 1. The van der Waals surface area contributed by atoms with Crippen LogP contribution in [0.25, 0.3) is 0 Å². The topological polar surface area (TPSA) is 93.8 Å². The van der Waals surface area contributed by atoms with Crippen molar-refractivity contribution >= 4 is 39.1 Å². The lowest BCUT2D eigenvalue weighted by Gasteiger charge is -2.06. The summed E-state index contributed by atoms with van der Waals surface area (Å²) in [6.45, 7) is 1.87. The predicted molar refractivity (Wildman–Crippen MR) is 101 cm³/mol. The first-order valence-electron chi connectivity index (χ1n) is 7.76. The van der Waals surface area contributed by atoms with E-state index in [0.717, 1.165) is 5.69 Å². The van der Waals surface area contributed by atoms with Crippen molar-refractivity contribution in [3.05, 3.63) is 58.1 Å². The number of hydrogen-bond acceptors (Lipinski definition) is 4. The molecule has 3 rings (SSSR count). The van der Waals surface area contributed by atoms with Crippen LogP contribution in [0.15, 0.2) is 41.0 Å². The number of carbonyl (C=O) groups is 2. The number of carbonyl (C=O) groups excluding carboxylic acids is 2. The van der Waals surface area contributed by atoms with E-state index in [-0.39, 0.29) is 11.8 Å². The number of nitrogens with one attached hydrogen (secondary N) is 2. The Morgan fingerprint density at radius 3 is 2.00 bits per heavy atom. The van der Waals surface area contributed by atoms with Crippen LogP contribution >= 0.6 is 15.9 Å². The Morgan fingerprint density at radius 1 is 0.962 bits per heavy atom. The van der Waals surface area contributed by atoms with Gasteiger partial charge in [-0.15, -0.1) is 0 Å². The second-order valence-corrected chi connectivity index (χ2v) is 6.52. The first kappa shape index (κ1) is 17.9. The lowest BCUT2D eigenvalue weighted by atomic mass is 10.2. The molecule has 26 heavy (non-hydrogen) atoms. The van der Waals surface area contributed by atoms with E-state index in [1.807, 2.05) is 6.92 Å². The number of rotatable bonds is 4. The molecular formula is C17H17BrN6O2. The number of nitrogens with zero attached hydrogens (tertiary/aromatic N) is 4. The first-order valence-corrected chi connectivity index (χ1v) is 8.56. The molecule has 0 saturated heterocycles. The molecule has 9 heteroatoms. The van der Waals surface area contributed by atoms with Crippen LogP contribution < -0.4 is 10.6 Å². The number of aromatic nitrogens is 4. The monoisotopic (exact) mass is 416 g/mol. The van der Waals surface area contributed by atoms with Gasteiger partial charge in [-0.25, -0.2) is 0 Å². The number of aryl methyl sites for hydroxylation is 2. The van der Waals surface area contributed by atoms with Gasteiger partial charge >= 0.3 is 0 Å². The molecule has 0 radical (unpaired) electrons. The number of anilines is 2. The van der Waals surface area contributed by atoms with Crippen molar-refractivity contribution in [2.75, 3.05) is 10.6 Å². The van der Waals surface area contributed by atoms with Gasteiger partial charge in [-0.2, -0.15) is 10.2 Å². The standard InChI is InChI=1S/C17H17BrN6O2/c1-10-14(18)15(22-24(10)3)17(26)20-12-6-4-11(5-7-12)19-16(25)13-8-9-23(2)21-13/h4-9H,1-3H3,(H,19,25)(H,20,26). The summed E-state index contributed by atoms with van der Waals surface area (Å²) < 4.78 is 3.86. The van der Waals surface area contributed by atoms with E-state index < -0.39 is 0 Å². The summed E-state index contributed by atoms with van der Waals surface area (Å²) in [7, 11) is 3.52. The molecule has 0 unspecified atom stereocenters. The largest absolute Gasteiger partial charge is 0.321 e. The highest BCUT2D eigenvalue weighted by molar-refractivity contribution is 9.10. The average Bonchev–Trinajstić information content (AvgIpc) is 3.16. The molecule has 0 fully saturated rings. The molecule has 0 atom stereocenters. The molecule has 0 aliphatic carbocycles. The molecule has 1 aromatic carbocycles. The first-order chi connectivity index (χ1) is 12.3. The van der Waals surface area contributed by atoms with Crippen LogP contribution in [-0.4, -0.2) is 31.4 Å².